The predicted octanol–water partition coefficient (Wildman–Crippen LogP) is 5.49. The molecule has 4 amide bonds. The van der Waals surface area contributed by atoms with Gasteiger partial charge in [-0.25, -0.2) is 0 Å². The summed E-state index contributed by atoms with van der Waals surface area (Å²) in [5.74, 6) is 0.128. The number of imide groups is 2. The Kier molecular flexibility index (Phi) is 7.33. The van der Waals surface area contributed by atoms with Crippen LogP contribution in [0.5, 0.6) is 0 Å². The molecule has 2 heterocycles. The molecule has 188 valence electrons. The van der Waals surface area contributed by atoms with E-state index in [0.717, 1.165) is 33.3 Å². The highest BCUT2D eigenvalue weighted by Gasteiger charge is 2.47. The molecule has 5 rings (SSSR count). The van der Waals surface area contributed by atoms with Crippen molar-refractivity contribution in [1.82, 2.24) is 10.2 Å². The summed E-state index contributed by atoms with van der Waals surface area (Å²) in [6.07, 6.45) is 16.8. The molecule has 0 bridgehead atoms. The van der Waals surface area contributed by atoms with Crippen molar-refractivity contribution in [1.29, 1.82) is 0 Å². The van der Waals surface area contributed by atoms with Gasteiger partial charge in [-0.1, -0.05) is 51.0 Å². The summed E-state index contributed by atoms with van der Waals surface area (Å²) in [7, 11) is 0. The van der Waals surface area contributed by atoms with Gasteiger partial charge in [-0.05, 0) is 67.7 Å². The molecule has 2 aliphatic carbocycles. The molecule has 4 aliphatic rings. The first-order chi connectivity index (χ1) is 17.0. The molecule has 0 radical (unpaired) electrons. The third kappa shape index (κ3) is 5.07. The molecule has 1 spiro atoms. The topological polar surface area (TPSA) is 83.6 Å². The van der Waals surface area contributed by atoms with E-state index in [9.17, 15) is 19.2 Å². The van der Waals surface area contributed by atoms with E-state index in [1.165, 1.54) is 70.6 Å². The van der Waals surface area contributed by atoms with Gasteiger partial charge in [0.25, 0.3) is 11.8 Å². The minimum Gasteiger partial charge on any atom is -0.295 e. The smallest absolute Gasteiger partial charge is 0.263 e. The Morgan fingerprint density at radius 1 is 0.943 bits per heavy atom. The van der Waals surface area contributed by atoms with Gasteiger partial charge in [0.05, 0.1) is 11.1 Å². The highest BCUT2D eigenvalue weighted by Crippen LogP contribution is 2.59. The number of unbranched alkanes of at least 4 members (excludes halogenated alkanes) is 5. The van der Waals surface area contributed by atoms with Crippen LogP contribution < -0.4 is 5.32 Å². The van der Waals surface area contributed by atoms with Gasteiger partial charge in [0, 0.05) is 11.3 Å². The lowest BCUT2D eigenvalue weighted by atomic mass is 9.51. The summed E-state index contributed by atoms with van der Waals surface area (Å²) >= 11 is 1.62. The normalized spacial score (nSPS) is 23.3. The fourth-order valence-electron chi connectivity index (χ4n) is 6.48. The molecule has 1 unspecified atom stereocenters. The monoisotopic (exact) mass is 496 g/mol. The predicted molar refractivity (Wildman–Crippen MR) is 135 cm³/mol. The number of piperidine rings is 1. The quantitative estimate of drug-likeness (QED) is 0.249. The molecule has 2 aliphatic heterocycles. The van der Waals surface area contributed by atoms with Gasteiger partial charge in [0.2, 0.25) is 11.8 Å². The number of carbonyl (C=O) groups is 4. The fraction of sp³-hybridized carbons (Fsp3) is 0.643. The molecule has 1 aromatic rings. The van der Waals surface area contributed by atoms with E-state index in [4.69, 9.17) is 0 Å². The number of hydrogen-bond donors (Lipinski definition) is 1. The van der Waals surface area contributed by atoms with Gasteiger partial charge < -0.3 is 0 Å². The van der Waals surface area contributed by atoms with Crippen molar-refractivity contribution >= 4 is 35.4 Å². The molecule has 6 nitrogen and oxygen atoms in total. The Bertz CT molecular complexity index is 1010. The van der Waals surface area contributed by atoms with Gasteiger partial charge in [0.1, 0.15) is 6.04 Å². The number of hydrogen-bond acceptors (Lipinski definition) is 5. The molecule has 1 N–H and O–H groups in total. The summed E-state index contributed by atoms with van der Waals surface area (Å²) in [6.45, 7) is 0. The molecule has 1 saturated heterocycles. The first-order valence-corrected chi connectivity index (χ1v) is 14.4. The van der Waals surface area contributed by atoms with Crippen LogP contribution in [0.3, 0.4) is 0 Å². The van der Waals surface area contributed by atoms with Crippen molar-refractivity contribution in [2.45, 2.75) is 101 Å². The number of fused-ring (bicyclic) bond motifs is 1. The van der Waals surface area contributed by atoms with E-state index < -0.39 is 23.8 Å². The first-order valence-electron chi connectivity index (χ1n) is 13.4. The average Bonchev–Trinajstić information content (AvgIpc) is 3.03. The Labute approximate surface area is 212 Å². The van der Waals surface area contributed by atoms with Crippen LogP contribution >= 0.6 is 11.8 Å². The van der Waals surface area contributed by atoms with Crippen molar-refractivity contribution in [3.05, 3.63) is 29.3 Å². The highest BCUT2D eigenvalue weighted by molar-refractivity contribution is 7.99. The molecule has 1 aromatic carbocycles. The first kappa shape index (κ1) is 24.5. The maximum atomic E-state index is 13.1. The van der Waals surface area contributed by atoms with Gasteiger partial charge >= 0.3 is 0 Å². The number of nitrogens with zero attached hydrogens (tertiary/aromatic N) is 1. The lowest BCUT2D eigenvalue weighted by Crippen LogP contribution is -2.54. The average molecular weight is 497 g/mol. The lowest BCUT2D eigenvalue weighted by Gasteiger charge is -2.54. The second-order valence-electron chi connectivity index (χ2n) is 11.0. The van der Waals surface area contributed by atoms with Gasteiger partial charge in [-0.3, -0.25) is 29.4 Å². The van der Waals surface area contributed by atoms with Crippen molar-refractivity contribution in [2.75, 3.05) is 5.75 Å². The fourth-order valence-corrected chi connectivity index (χ4v) is 7.57. The Balaban J connectivity index is 1.02. The Morgan fingerprint density at radius 3 is 2.40 bits per heavy atom. The van der Waals surface area contributed by atoms with E-state index in [2.05, 4.69) is 5.32 Å². The van der Waals surface area contributed by atoms with Crippen molar-refractivity contribution in [3.63, 3.8) is 0 Å². The van der Waals surface area contributed by atoms with E-state index in [1.807, 2.05) is 6.07 Å². The molecule has 0 aromatic heterocycles. The Morgan fingerprint density at radius 2 is 1.69 bits per heavy atom. The van der Waals surface area contributed by atoms with E-state index in [-0.39, 0.29) is 18.7 Å². The van der Waals surface area contributed by atoms with Crippen LogP contribution in [0.25, 0.3) is 0 Å². The maximum Gasteiger partial charge on any atom is 0.263 e. The molecule has 3 fully saturated rings. The number of rotatable bonds is 11. The minimum absolute atomic E-state index is 0.132. The molecule has 1 atom stereocenters. The molecular weight excluding hydrogens is 460 g/mol. The molecule has 7 heteroatoms. The summed E-state index contributed by atoms with van der Waals surface area (Å²) in [5, 5.41) is 2.25. The zero-order valence-electron chi connectivity index (χ0n) is 20.5. The molecule has 2 saturated carbocycles. The van der Waals surface area contributed by atoms with E-state index in [0.29, 0.717) is 11.1 Å². The van der Waals surface area contributed by atoms with Crippen LogP contribution in [-0.2, 0) is 9.59 Å². The maximum absolute atomic E-state index is 13.1. The minimum atomic E-state index is -0.915. The standard InChI is InChI=1S/C28H36N2O4S/c31-23-13-12-21(25(32)29-23)30-26(33)20-10-7-11-22(24(20)27(30)34)35-16-6-4-2-1-3-5-9-19-17-28(18-19)14-8-15-28/h7,10-11,19,21H,1-6,8-9,12-18H2,(H,29,31,32). The van der Waals surface area contributed by atoms with Crippen LogP contribution in [0.1, 0.15) is 111 Å². The summed E-state index contributed by atoms with van der Waals surface area (Å²) < 4.78 is 0. The van der Waals surface area contributed by atoms with Crippen LogP contribution in [0, 0.1) is 11.3 Å². The molecule has 35 heavy (non-hydrogen) atoms. The Hall–Kier alpha value is -2.15. The summed E-state index contributed by atoms with van der Waals surface area (Å²) in [4.78, 5) is 51.7. The van der Waals surface area contributed by atoms with E-state index >= 15 is 0 Å². The lowest BCUT2D eigenvalue weighted by molar-refractivity contribution is -0.136. The second kappa shape index (κ2) is 10.5. The number of benzene rings is 1. The van der Waals surface area contributed by atoms with Gasteiger partial charge in [0.15, 0.2) is 0 Å². The third-order valence-corrected chi connectivity index (χ3v) is 9.70. The largest absolute Gasteiger partial charge is 0.295 e. The van der Waals surface area contributed by atoms with Crippen molar-refractivity contribution in [2.24, 2.45) is 11.3 Å². The van der Waals surface area contributed by atoms with Crippen LogP contribution in [-0.4, -0.2) is 40.3 Å². The number of thioether (sulfide) groups is 1. The number of amides is 4. The van der Waals surface area contributed by atoms with Crippen LogP contribution in [0.2, 0.25) is 0 Å². The van der Waals surface area contributed by atoms with Crippen LogP contribution in [0.15, 0.2) is 23.1 Å². The van der Waals surface area contributed by atoms with Gasteiger partial charge in [-0.15, -0.1) is 11.8 Å². The summed E-state index contributed by atoms with van der Waals surface area (Å²) in [6, 6.07) is 4.43. The summed E-state index contributed by atoms with van der Waals surface area (Å²) in [5.41, 5.74) is 1.58. The molecular formula is C28H36N2O4S. The van der Waals surface area contributed by atoms with Gasteiger partial charge in [-0.2, -0.15) is 0 Å². The number of nitrogens with one attached hydrogen (secondary N) is 1. The second-order valence-corrected chi connectivity index (χ2v) is 12.1. The zero-order chi connectivity index (χ0) is 24.4. The van der Waals surface area contributed by atoms with Crippen molar-refractivity contribution < 1.29 is 19.2 Å². The SMILES string of the molecule is O=C1CCC(N2C(=O)c3cccc(SCCCCCCCCC4CC5(CCC5)C4)c3C2=O)C(=O)N1. The third-order valence-electron chi connectivity index (χ3n) is 8.55. The number of carbonyl (C=O) groups excluding carboxylic acids is 4. The van der Waals surface area contributed by atoms with Crippen LogP contribution in [0.4, 0.5) is 0 Å². The highest BCUT2D eigenvalue weighted by atomic mass is 32.2. The zero-order valence-corrected chi connectivity index (χ0v) is 21.3. The van der Waals surface area contributed by atoms with Crippen molar-refractivity contribution in [3.8, 4) is 0 Å². The van der Waals surface area contributed by atoms with E-state index in [1.54, 1.807) is 23.9 Å².